The SMILES string of the molecule is CSc1nc(C)c(CCC(=O)NCc2cccc(Br)c2)c(C)n1. The van der Waals surface area contributed by atoms with Crippen LogP contribution in [-0.4, -0.2) is 22.1 Å². The van der Waals surface area contributed by atoms with E-state index in [1.54, 1.807) is 0 Å². The number of hydrogen-bond donors (Lipinski definition) is 1. The molecule has 1 aromatic heterocycles. The number of aromatic nitrogens is 2. The monoisotopic (exact) mass is 393 g/mol. The molecular formula is C17H20BrN3OS. The molecule has 0 saturated heterocycles. The molecular weight excluding hydrogens is 374 g/mol. The fourth-order valence-electron chi connectivity index (χ4n) is 2.34. The Morgan fingerprint density at radius 3 is 2.57 bits per heavy atom. The summed E-state index contributed by atoms with van der Waals surface area (Å²) in [6.45, 7) is 4.49. The minimum absolute atomic E-state index is 0.0396. The summed E-state index contributed by atoms with van der Waals surface area (Å²) in [7, 11) is 0. The Kier molecular flexibility index (Phi) is 6.59. The van der Waals surface area contributed by atoms with Crippen LogP contribution in [0.4, 0.5) is 0 Å². The fraction of sp³-hybridized carbons (Fsp3) is 0.353. The second-order valence-corrected chi connectivity index (χ2v) is 6.96. The van der Waals surface area contributed by atoms with Gasteiger partial charge in [-0.1, -0.05) is 39.8 Å². The normalized spacial score (nSPS) is 10.6. The molecule has 2 aromatic rings. The van der Waals surface area contributed by atoms with Crippen molar-refractivity contribution in [3.05, 3.63) is 51.3 Å². The Balaban J connectivity index is 1.89. The second-order valence-electron chi connectivity index (χ2n) is 5.27. The van der Waals surface area contributed by atoms with E-state index in [0.29, 0.717) is 19.4 Å². The fourth-order valence-corrected chi connectivity index (χ4v) is 3.24. The molecule has 0 aliphatic heterocycles. The van der Waals surface area contributed by atoms with E-state index in [2.05, 4.69) is 31.2 Å². The number of nitrogens with one attached hydrogen (secondary N) is 1. The number of hydrogen-bond acceptors (Lipinski definition) is 4. The van der Waals surface area contributed by atoms with Gasteiger partial charge in [-0.25, -0.2) is 9.97 Å². The molecule has 0 spiro atoms. The van der Waals surface area contributed by atoms with Gasteiger partial charge in [-0.2, -0.15) is 0 Å². The van der Waals surface area contributed by atoms with Crippen molar-refractivity contribution in [3.8, 4) is 0 Å². The molecule has 1 N–H and O–H groups in total. The minimum atomic E-state index is 0.0396. The molecule has 0 aliphatic rings. The van der Waals surface area contributed by atoms with E-state index in [9.17, 15) is 4.79 Å². The number of benzene rings is 1. The Morgan fingerprint density at radius 1 is 1.26 bits per heavy atom. The van der Waals surface area contributed by atoms with E-state index >= 15 is 0 Å². The smallest absolute Gasteiger partial charge is 0.220 e. The van der Waals surface area contributed by atoms with Gasteiger partial charge in [0.1, 0.15) is 0 Å². The maximum atomic E-state index is 12.1. The molecule has 0 bridgehead atoms. The molecule has 0 unspecified atom stereocenters. The zero-order chi connectivity index (χ0) is 16.8. The Labute approximate surface area is 149 Å². The summed E-state index contributed by atoms with van der Waals surface area (Å²) in [6.07, 6.45) is 3.07. The second kappa shape index (κ2) is 8.45. The number of thioether (sulfide) groups is 1. The molecule has 23 heavy (non-hydrogen) atoms. The predicted octanol–water partition coefficient (Wildman–Crippen LogP) is 3.83. The van der Waals surface area contributed by atoms with Crippen LogP contribution in [0, 0.1) is 13.8 Å². The van der Waals surface area contributed by atoms with Crippen LogP contribution in [0.3, 0.4) is 0 Å². The maximum Gasteiger partial charge on any atom is 0.220 e. The van der Waals surface area contributed by atoms with Crippen LogP contribution in [0.2, 0.25) is 0 Å². The number of nitrogens with zero attached hydrogens (tertiary/aromatic N) is 2. The summed E-state index contributed by atoms with van der Waals surface area (Å²) >= 11 is 4.96. The number of rotatable bonds is 6. The van der Waals surface area contributed by atoms with Crippen molar-refractivity contribution >= 4 is 33.6 Å². The lowest BCUT2D eigenvalue weighted by atomic mass is 10.1. The highest BCUT2D eigenvalue weighted by Crippen LogP contribution is 2.17. The van der Waals surface area contributed by atoms with E-state index in [1.165, 1.54) is 11.8 Å². The summed E-state index contributed by atoms with van der Waals surface area (Å²) in [6, 6.07) is 7.93. The molecule has 1 aromatic carbocycles. The highest BCUT2D eigenvalue weighted by atomic mass is 79.9. The van der Waals surface area contributed by atoms with Crippen LogP contribution in [0.5, 0.6) is 0 Å². The van der Waals surface area contributed by atoms with E-state index in [-0.39, 0.29) is 5.91 Å². The van der Waals surface area contributed by atoms with Gasteiger partial charge in [-0.05, 0) is 49.8 Å². The van der Waals surface area contributed by atoms with Crippen molar-refractivity contribution in [1.82, 2.24) is 15.3 Å². The number of amides is 1. The van der Waals surface area contributed by atoms with E-state index in [4.69, 9.17) is 0 Å². The summed E-state index contributed by atoms with van der Waals surface area (Å²) in [5.41, 5.74) is 4.07. The first-order chi connectivity index (χ1) is 11.0. The van der Waals surface area contributed by atoms with Crippen molar-refractivity contribution in [2.24, 2.45) is 0 Å². The first kappa shape index (κ1) is 17.9. The molecule has 2 rings (SSSR count). The molecule has 122 valence electrons. The number of carbonyl (C=O) groups excluding carboxylic acids is 1. The lowest BCUT2D eigenvalue weighted by molar-refractivity contribution is -0.121. The number of carbonyl (C=O) groups is 1. The third-order valence-electron chi connectivity index (χ3n) is 3.56. The Hall–Kier alpha value is -1.40. The first-order valence-corrected chi connectivity index (χ1v) is 9.40. The van der Waals surface area contributed by atoms with Crippen molar-refractivity contribution in [2.45, 2.75) is 38.4 Å². The molecule has 0 radical (unpaired) electrons. The van der Waals surface area contributed by atoms with Crippen molar-refractivity contribution in [2.75, 3.05) is 6.26 Å². The largest absolute Gasteiger partial charge is 0.352 e. The van der Waals surface area contributed by atoms with Crippen LogP contribution in [0.15, 0.2) is 33.9 Å². The van der Waals surface area contributed by atoms with Gasteiger partial charge >= 0.3 is 0 Å². The zero-order valence-corrected chi connectivity index (χ0v) is 15.9. The van der Waals surface area contributed by atoms with Crippen molar-refractivity contribution < 1.29 is 4.79 Å². The summed E-state index contributed by atoms with van der Waals surface area (Å²) in [5, 5.41) is 3.73. The van der Waals surface area contributed by atoms with E-state index < -0.39 is 0 Å². The molecule has 0 atom stereocenters. The quantitative estimate of drug-likeness (QED) is 0.598. The molecule has 1 heterocycles. The number of halogens is 1. The van der Waals surface area contributed by atoms with Gasteiger partial charge in [-0.3, -0.25) is 4.79 Å². The third-order valence-corrected chi connectivity index (χ3v) is 4.60. The van der Waals surface area contributed by atoms with Gasteiger partial charge in [0.05, 0.1) is 0 Å². The third kappa shape index (κ3) is 5.32. The van der Waals surface area contributed by atoms with Crippen molar-refractivity contribution in [1.29, 1.82) is 0 Å². The predicted molar refractivity (Wildman–Crippen MR) is 97.6 cm³/mol. The van der Waals surface area contributed by atoms with Gasteiger partial charge in [0.25, 0.3) is 0 Å². The van der Waals surface area contributed by atoms with Gasteiger partial charge in [0.15, 0.2) is 5.16 Å². The Morgan fingerprint density at radius 2 is 1.96 bits per heavy atom. The highest BCUT2D eigenvalue weighted by molar-refractivity contribution is 9.10. The maximum absolute atomic E-state index is 12.1. The van der Waals surface area contributed by atoms with Gasteiger partial charge in [-0.15, -0.1) is 0 Å². The average Bonchev–Trinajstić information content (AvgIpc) is 2.52. The van der Waals surface area contributed by atoms with Crippen molar-refractivity contribution in [3.63, 3.8) is 0 Å². The van der Waals surface area contributed by atoms with Crippen LogP contribution in [0.1, 0.15) is 28.9 Å². The van der Waals surface area contributed by atoms with Gasteiger partial charge < -0.3 is 5.32 Å². The molecule has 0 saturated carbocycles. The van der Waals surface area contributed by atoms with Crippen LogP contribution in [-0.2, 0) is 17.8 Å². The van der Waals surface area contributed by atoms with Gasteiger partial charge in [0.2, 0.25) is 5.91 Å². The molecule has 4 nitrogen and oxygen atoms in total. The first-order valence-electron chi connectivity index (χ1n) is 7.39. The topological polar surface area (TPSA) is 54.9 Å². The highest BCUT2D eigenvalue weighted by Gasteiger charge is 2.10. The van der Waals surface area contributed by atoms with E-state index in [1.807, 2.05) is 44.4 Å². The molecule has 1 amide bonds. The Bertz CT molecular complexity index is 683. The zero-order valence-electron chi connectivity index (χ0n) is 13.5. The molecule has 0 aliphatic carbocycles. The summed E-state index contributed by atoms with van der Waals surface area (Å²) in [4.78, 5) is 20.9. The molecule has 0 fully saturated rings. The summed E-state index contributed by atoms with van der Waals surface area (Å²) < 4.78 is 1.02. The lowest BCUT2D eigenvalue weighted by Crippen LogP contribution is -2.23. The van der Waals surface area contributed by atoms with E-state index in [0.717, 1.165) is 32.1 Å². The lowest BCUT2D eigenvalue weighted by Gasteiger charge is -2.10. The standard InChI is InChI=1S/C17H20BrN3OS/c1-11-15(12(2)21-17(20-11)23-3)7-8-16(22)19-10-13-5-4-6-14(18)9-13/h4-6,9H,7-8,10H2,1-3H3,(H,19,22). The minimum Gasteiger partial charge on any atom is -0.352 e. The number of aryl methyl sites for hydroxylation is 2. The van der Waals surface area contributed by atoms with Crippen LogP contribution in [0.25, 0.3) is 0 Å². The van der Waals surface area contributed by atoms with Gasteiger partial charge in [0, 0.05) is 28.8 Å². The van der Waals surface area contributed by atoms with Crippen LogP contribution >= 0.6 is 27.7 Å². The average molecular weight is 394 g/mol. The summed E-state index contributed by atoms with van der Waals surface area (Å²) in [5.74, 6) is 0.0396. The molecule has 6 heteroatoms. The van der Waals surface area contributed by atoms with Crippen LogP contribution < -0.4 is 5.32 Å².